The number of rotatable bonds is 11. The van der Waals surface area contributed by atoms with Crippen molar-refractivity contribution in [2.24, 2.45) is 51.9 Å². The second kappa shape index (κ2) is 11.6. The molecule has 3 aliphatic rings. The van der Waals surface area contributed by atoms with E-state index in [2.05, 4.69) is 29.8 Å². The van der Waals surface area contributed by atoms with Gasteiger partial charge in [-0.3, -0.25) is 24.0 Å². The molecule has 41 heavy (non-hydrogen) atoms. The first-order valence-electron chi connectivity index (χ1n) is 14.6. The van der Waals surface area contributed by atoms with Crippen molar-refractivity contribution in [3.8, 4) is 0 Å². The van der Waals surface area contributed by atoms with Gasteiger partial charge in [0.25, 0.3) is 5.91 Å². The minimum absolute atomic E-state index is 0.0983. The number of primary amides is 2. The van der Waals surface area contributed by atoms with Crippen molar-refractivity contribution in [3.63, 3.8) is 0 Å². The lowest BCUT2D eigenvalue weighted by Crippen LogP contribution is -2.63. The number of nitrogens with zero attached hydrogens (tertiary/aromatic N) is 1. The maximum Gasteiger partial charge on any atom is 0.316 e. The Hall–Kier alpha value is -3.18. The third kappa shape index (κ3) is 7.37. The number of hydrogen-bond acceptors (Lipinski definition) is 6. The first-order chi connectivity index (χ1) is 18.7. The topological polar surface area (TPSA) is 194 Å². The molecule has 230 valence electrons. The van der Waals surface area contributed by atoms with Crippen molar-refractivity contribution in [3.05, 3.63) is 0 Å². The minimum atomic E-state index is -1.10. The fourth-order valence-electron chi connectivity index (χ4n) is 6.33. The summed E-state index contributed by atoms with van der Waals surface area (Å²) < 4.78 is 0. The molecule has 0 bridgehead atoms. The van der Waals surface area contributed by atoms with Gasteiger partial charge in [-0.15, -0.1) is 0 Å². The summed E-state index contributed by atoms with van der Waals surface area (Å²) in [4.78, 5) is 78.6. The molecule has 0 aromatic heterocycles. The Morgan fingerprint density at radius 2 is 1.39 bits per heavy atom. The van der Waals surface area contributed by atoms with Gasteiger partial charge in [-0.05, 0) is 46.8 Å². The molecule has 7 atom stereocenters. The summed E-state index contributed by atoms with van der Waals surface area (Å²) in [6, 6.07) is -4.63. The van der Waals surface area contributed by atoms with Crippen LogP contribution in [0.25, 0.3) is 0 Å². The number of nitrogens with one attached hydrogen (secondary N) is 3. The number of hydrogen-bond donors (Lipinski definition) is 5. The molecule has 12 nitrogen and oxygen atoms in total. The van der Waals surface area contributed by atoms with Crippen LogP contribution in [0.15, 0.2) is 0 Å². The highest BCUT2D eigenvalue weighted by Crippen LogP contribution is 2.59. The van der Waals surface area contributed by atoms with Gasteiger partial charge < -0.3 is 32.3 Å². The average Bonchev–Trinajstić information content (AvgIpc) is 3.74. The smallest absolute Gasteiger partial charge is 0.316 e. The molecular formula is C29H48N6O6. The molecule has 3 fully saturated rings. The van der Waals surface area contributed by atoms with Crippen LogP contribution in [0, 0.1) is 40.4 Å². The predicted molar refractivity (Wildman–Crippen MR) is 152 cm³/mol. The van der Waals surface area contributed by atoms with Gasteiger partial charge >= 0.3 is 6.03 Å². The molecule has 1 saturated heterocycles. The molecule has 1 heterocycles. The largest absolute Gasteiger partial charge is 0.368 e. The highest BCUT2D eigenvalue weighted by atomic mass is 16.2. The lowest BCUT2D eigenvalue weighted by molar-refractivity contribution is -0.144. The highest BCUT2D eigenvalue weighted by molar-refractivity contribution is 6.37. The summed E-state index contributed by atoms with van der Waals surface area (Å²) in [5, 5.41) is 8.07. The molecule has 6 amide bonds. The Morgan fingerprint density at radius 3 is 1.83 bits per heavy atom. The van der Waals surface area contributed by atoms with E-state index in [0.717, 1.165) is 12.8 Å². The fourth-order valence-corrected chi connectivity index (χ4v) is 6.33. The summed E-state index contributed by atoms with van der Waals surface area (Å²) in [5.74, 6) is -2.80. The second-order valence-electron chi connectivity index (χ2n) is 14.6. The van der Waals surface area contributed by atoms with E-state index in [1.165, 1.54) is 4.90 Å². The number of carbonyl (C=O) groups excluding carboxylic acids is 6. The van der Waals surface area contributed by atoms with Crippen molar-refractivity contribution in [2.45, 2.75) is 98.8 Å². The van der Waals surface area contributed by atoms with Crippen LogP contribution in [0.1, 0.15) is 74.7 Å². The van der Waals surface area contributed by atoms with Crippen molar-refractivity contribution in [1.82, 2.24) is 20.9 Å². The van der Waals surface area contributed by atoms with E-state index < -0.39 is 70.4 Å². The summed E-state index contributed by atoms with van der Waals surface area (Å²) in [6.07, 6.45) is 2.16. The van der Waals surface area contributed by atoms with E-state index in [1.54, 1.807) is 41.5 Å². The van der Waals surface area contributed by atoms with E-state index in [4.69, 9.17) is 11.5 Å². The van der Waals surface area contributed by atoms with Crippen LogP contribution in [-0.2, 0) is 24.0 Å². The zero-order valence-corrected chi connectivity index (χ0v) is 25.6. The lowest BCUT2D eigenvalue weighted by Gasteiger charge is -2.38. The van der Waals surface area contributed by atoms with Gasteiger partial charge in [0.05, 0.1) is 6.04 Å². The van der Waals surface area contributed by atoms with Gasteiger partial charge in [0.1, 0.15) is 18.1 Å². The van der Waals surface area contributed by atoms with Gasteiger partial charge in [-0.1, -0.05) is 68.2 Å². The number of carbonyl (C=O) groups is 6. The van der Waals surface area contributed by atoms with Crippen molar-refractivity contribution >= 4 is 35.4 Å². The monoisotopic (exact) mass is 576 g/mol. The first-order valence-corrected chi connectivity index (χ1v) is 14.6. The van der Waals surface area contributed by atoms with Crippen molar-refractivity contribution in [2.75, 3.05) is 6.54 Å². The van der Waals surface area contributed by atoms with Crippen LogP contribution in [0.3, 0.4) is 0 Å². The number of amides is 6. The quantitative estimate of drug-likeness (QED) is 0.224. The molecule has 2 aliphatic carbocycles. The molecule has 1 aliphatic heterocycles. The maximum atomic E-state index is 14.1. The molecular weight excluding hydrogens is 528 g/mol. The SMILES string of the molecule is CC(C)C1[C@H]2[C@@H]1CN(C(=O)[C@@H](NC(=O)N[C@H](C(N)=O)C(C)(C)C)C(C)(C)C)[C@@H]2C(=O)NC(CC1CC1)C(=O)C(N)=O. The van der Waals surface area contributed by atoms with E-state index >= 15 is 0 Å². The van der Waals surface area contributed by atoms with Crippen molar-refractivity contribution in [1.29, 1.82) is 0 Å². The minimum Gasteiger partial charge on any atom is -0.368 e. The molecule has 2 saturated carbocycles. The van der Waals surface area contributed by atoms with Gasteiger partial charge in [-0.2, -0.15) is 0 Å². The predicted octanol–water partition coefficient (Wildman–Crippen LogP) is 0.669. The molecule has 0 radical (unpaired) electrons. The van der Waals surface area contributed by atoms with Crippen molar-refractivity contribution < 1.29 is 28.8 Å². The van der Waals surface area contributed by atoms with Crippen LogP contribution in [-0.4, -0.2) is 71.1 Å². The van der Waals surface area contributed by atoms with E-state index in [1.807, 2.05) is 0 Å². The van der Waals surface area contributed by atoms with Crippen LogP contribution < -0.4 is 27.4 Å². The Labute approximate surface area is 242 Å². The zero-order chi connectivity index (χ0) is 31.2. The van der Waals surface area contributed by atoms with Crippen LogP contribution >= 0.6 is 0 Å². The summed E-state index contributed by atoms with van der Waals surface area (Å²) in [6.45, 7) is 15.2. The maximum absolute atomic E-state index is 14.1. The van der Waals surface area contributed by atoms with Gasteiger partial charge in [0, 0.05) is 6.54 Å². The third-order valence-corrected chi connectivity index (χ3v) is 8.68. The number of nitrogens with two attached hydrogens (primary N) is 2. The Bertz CT molecular complexity index is 1090. The average molecular weight is 577 g/mol. The second-order valence-corrected chi connectivity index (χ2v) is 14.6. The van der Waals surface area contributed by atoms with Crippen LogP contribution in [0.2, 0.25) is 0 Å². The van der Waals surface area contributed by atoms with E-state index in [9.17, 15) is 28.8 Å². The Morgan fingerprint density at radius 1 is 0.854 bits per heavy atom. The number of piperidine rings is 1. The number of Topliss-reactive ketones (excluding diaryl/α,β-unsaturated/α-hetero) is 1. The molecule has 0 spiro atoms. The van der Waals surface area contributed by atoms with E-state index in [0.29, 0.717) is 13.0 Å². The first kappa shape index (κ1) is 32.3. The summed E-state index contributed by atoms with van der Waals surface area (Å²) in [7, 11) is 0. The Balaban J connectivity index is 1.85. The normalized spacial score (nSPS) is 25.9. The Kier molecular flexibility index (Phi) is 9.15. The highest BCUT2D eigenvalue weighted by Gasteiger charge is 2.65. The molecule has 7 N–H and O–H groups in total. The fraction of sp³-hybridized carbons (Fsp3) is 0.793. The number of likely N-dealkylation sites (tertiary alicyclic amines) is 1. The van der Waals surface area contributed by atoms with Crippen LogP contribution in [0.5, 0.6) is 0 Å². The van der Waals surface area contributed by atoms with Gasteiger partial charge in [0.15, 0.2) is 0 Å². The number of fused-ring (bicyclic) bond motifs is 1. The molecule has 0 aromatic carbocycles. The zero-order valence-electron chi connectivity index (χ0n) is 25.6. The van der Waals surface area contributed by atoms with Gasteiger partial charge in [0.2, 0.25) is 23.5 Å². The summed E-state index contributed by atoms with van der Waals surface area (Å²) in [5.41, 5.74) is 9.38. The number of urea groups is 1. The van der Waals surface area contributed by atoms with E-state index in [-0.39, 0.29) is 29.6 Å². The van der Waals surface area contributed by atoms with Crippen LogP contribution in [0.4, 0.5) is 4.79 Å². The molecule has 12 heteroatoms. The lowest BCUT2D eigenvalue weighted by atomic mass is 9.85. The molecule has 3 rings (SSSR count). The number of ketones is 1. The molecule has 2 unspecified atom stereocenters. The van der Waals surface area contributed by atoms with Gasteiger partial charge in [-0.25, -0.2) is 4.79 Å². The third-order valence-electron chi connectivity index (χ3n) is 8.68. The summed E-state index contributed by atoms with van der Waals surface area (Å²) >= 11 is 0. The molecule has 0 aromatic rings. The standard InChI is InChI=1S/C29H48N6O6/c1-13(2)17-15-12-35(19(18(15)17)25(39)32-16(11-14-9-10-14)20(36)23(30)37)26(40)22(29(6,7)8)34-27(41)33-21(24(31)38)28(3,4)5/h13-19,21-22H,9-12H2,1-8H3,(H2,30,37)(H2,31,38)(H,32,39)(H2,33,34,41)/t15-,16?,17?,18-,19+,21-,22-/m1/s1.